The van der Waals surface area contributed by atoms with Crippen LogP contribution in [0.1, 0.15) is 48.4 Å². The molecule has 1 aliphatic heterocycles. The Labute approximate surface area is 107 Å². The minimum atomic E-state index is 0.643. The van der Waals surface area contributed by atoms with Gasteiger partial charge < -0.3 is 5.32 Å². The van der Waals surface area contributed by atoms with E-state index in [1.807, 2.05) is 0 Å². The minimum absolute atomic E-state index is 0.643. The summed E-state index contributed by atoms with van der Waals surface area (Å²) in [7, 11) is 0. The van der Waals surface area contributed by atoms with Crippen molar-refractivity contribution in [2.45, 2.75) is 55.5 Å². The van der Waals surface area contributed by atoms with Crippen LogP contribution in [0.5, 0.6) is 0 Å². The van der Waals surface area contributed by atoms with E-state index in [9.17, 15) is 0 Å². The molecule has 4 rings (SSSR count). The molecule has 0 aromatic heterocycles. The van der Waals surface area contributed by atoms with E-state index in [0.29, 0.717) is 6.04 Å². The van der Waals surface area contributed by atoms with Crippen molar-refractivity contribution in [1.82, 2.24) is 5.32 Å². The Morgan fingerprint density at radius 3 is 2.71 bits per heavy atom. The molecule has 1 saturated carbocycles. The molecule has 0 amide bonds. The number of hydrogen-bond donors (Lipinski definition) is 1. The highest BCUT2D eigenvalue weighted by atomic mass is 32.2. The number of nitrogens with one attached hydrogen (secondary N) is 1. The predicted octanol–water partition coefficient (Wildman–Crippen LogP) is 3.46. The van der Waals surface area contributed by atoms with Crippen LogP contribution >= 0.6 is 11.8 Å². The summed E-state index contributed by atoms with van der Waals surface area (Å²) in [6, 6.07) is 6.47. The molecule has 1 aromatic carbocycles. The van der Waals surface area contributed by atoms with Gasteiger partial charge in [-0.3, -0.25) is 0 Å². The second kappa shape index (κ2) is 4.03. The van der Waals surface area contributed by atoms with Gasteiger partial charge in [0.15, 0.2) is 0 Å². The van der Waals surface area contributed by atoms with Gasteiger partial charge in [0.2, 0.25) is 0 Å². The molecule has 1 fully saturated rings. The summed E-state index contributed by atoms with van der Waals surface area (Å²) < 4.78 is 0. The van der Waals surface area contributed by atoms with Gasteiger partial charge in [0.1, 0.15) is 0 Å². The third-order valence-corrected chi connectivity index (χ3v) is 5.38. The molecule has 1 N–H and O–H groups in total. The summed E-state index contributed by atoms with van der Waals surface area (Å²) in [6.45, 7) is 0. The Hall–Kier alpha value is -0.470. The van der Waals surface area contributed by atoms with E-state index >= 15 is 0 Å². The zero-order valence-electron chi connectivity index (χ0n) is 10.2. The molecule has 0 saturated heterocycles. The molecule has 3 aliphatic rings. The third kappa shape index (κ3) is 1.92. The first-order chi connectivity index (χ1) is 8.40. The van der Waals surface area contributed by atoms with Crippen molar-refractivity contribution in [2.24, 2.45) is 0 Å². The summed E-state index contributed by atoms with van der Waals surface area (Å²) in [4.78, 5) is 1.56. The number of hydrogen-bond acceptors (Lipinski definition) is 2. The van der Waals surface area contributed by atoms with Crippen molar-refractivity contribution >= 4 is 11.8 Å². The van der Waals surface area contributed by atoms with Crippen LogP contribution in [0, 0.1) is 0 Å². The lowest BCUT2D eigenvalue weighted by Crippen LogP contribution is -2.26. The van der Waals surface area contributed by atoms with Crippen molar-refractivity contribution in [3.05, 3.63) is 28.8 Å². The second-order valence-electron chi connectivity index (χ2n) is 5.64. The highest BCUT2D eigenvalue weighted by molar-refractivity contribution is 7.99. The van der Waals surface area contributed by atoms with Crippen molar-refractivity contribution < 1.29 is 0 Å². The molecular weight excluding hydrogens is 226 g/mol. The zero-order chi connectivity index (χ0) is 11.2. The number of rotatable bonds is 2. The molecule has 0 bridgehead atoms. The van der Waals surface area contributed by atoms with Gasteiger partial charge in [0.25, 0.3) is 0 Å². The summed E-state index contributed by atoms with van der Waals surface area (Å²) in [6.07, 6.45) is 8.08. The van der Waals surface area contributed by atoms with Crippen molar-refractivity contribution in [2.75, 3.05) is 5.75 Å². The van der Waals surface area contributed by atoms with Gasteiger partial charge in [-0.1, -0.05) is 6.07 Å². The van der Waals surface area contributed by atoms with E-state index in [1.165, 1.54) is 44.3 Å². The van der Waals surface area contributed by atoms with Gasteiger partial charge in [-0.25, -0.2) is 0 Å². The van der Waals surface area contributed by atoms with Crippen LogP contribution in [0.2, 0.25) is 0 Å². The summed E-state index contributed by atoms with van der Waals surface area (Å²) in [5, 5.41) is 3.83. The molecule has 1 heterocycles. The molecule has 2 heteroatoms. The lowest BCUT2D eigenvalue weighted by atomic mass is 9.98. The maximum atomic E-state index is 3.83. The van der Waals surface area contributed by atoms with Gasteiger partial charge in [0.05, 0.1) is 0 Å². The molecule has 1 atom stereocenters. The van der Waals surface area contributed by atoms with Crippen LogP contribution in [-0.2, 0) is 12.8 Å². The van der Waals surface area contributed by atoms with Crippen LogP contribution in [0.25, 0.3) is 0 Å². The SMILES string of the molecule is c1c2c(cc3c1SCCC3NC1CC1)CCC2. The molecule has 0 radical (unpaired) electrons. The maximum absolute atomic E-state index is 3.83. The van der Waals surface area contributed by atoms with E-state index < -0.39 is 0 Å². The molecule has 0 spiro atoms. The Balaban J connectivity index is 1.71. The first-order valence-electron chi connectivity index (χ1n) is 6.95. The van der Waals surface area contributed by atoms with Crippen molar-refractivity contribution in [3.63, 3.8) is 0 Å². The standard InChI is InChI=1S/C15H19NS/c1-2-10-8-13-14(16-12-4-5-12)6-7-17-15(13)9-11(10)3-1/h8-9,12,14,16H,1-7H2. The molecule has 1 nitrogen and oxygen atoms in total. The summed E-state index contributed by atoms with van der Waals surface area (Å²) in [5.74, 6) is 1.29. The van der Waals surface area contributed by atoms with Crippen molar-refractivity contribution in [1.29, 1.82) is 0 Å². The highest BCUT2D eigenvalue weighted by Crippen LogP contribution is 2.41. The monoisotopic (exact) mass is 245 g/mol. The normalized spacial score (nSPS) is 26.7. The number of thioether (sulfide) groups is 1. The fourth-order valence-corrected chi connectivity index (χ4v) is 4.33. The fraction of sp³-hybridized carbons (Fsp3) is 0.600. The highest BCUT2D eigenvalue weighted by Gasteiger charge is 2.29. The molecule has 90 valence electrons. The lowest BCUT2D eigenvalue weighted by Gasteiger charge is -2.27. The first kappa shape index (κ1) is 10.5. The molecule has 1 aromatic rings. The average Bonchev–Trinajstić information content (AvgIpc) is 3.04. The lowest BCUT2D eigenvalue weighted by molar-refractivity contribution is 0.507. The van der Waals surface area contributed by atoms with Crippen molar-refractivity contribution in [3.8, 4) is 0 Å². The Morgan fingerprint density at radius 1 is 1.06 bits per heavy atom. The van der Waals surface area contributed by atoms with Crippen LogP contribution < -0.4 is 5.32 Å². The smallest absolute Gasteiger partial charge is 0.0341 e. The largest absolute Gasteiger partial charge is 0.307 e. The van der Waals surface area contributed by atoms with Gasteiger partial charge in [-0.15, -0.1) is 11.8 Å². The van der Waals surface area contributed by atoms with Crippen LogP contribution in [0.4, 0.5) is 0 Å². The number of benzene rings is 1. The van der Waals surface area contributed by atoms with E-state index in [0.717, 1.165) is 6.04 Å². The predicted molar refractivity (Wildman–Crippen MR) is 72.7 cm³/mol. The van der Waals surface area contributed by atoms with Crippen LogP contribution in [0.3, 0.4) is 0 Å². The summed E-state index contributed by atoms with van der Waals surface area (Å²) in [5.41, 5.74) is 4.87. The van der Waals surface area contributed by atoms with E-state index in [4.69, 9.17) is 0 Å². The fourth-order valence-electron chi connectivity index (χ4n) is 3.17. The van der Waals surface area contributed by atoms with Gasteiger partial charge >= 0.3 is 0 Å². The van der Waals surface area contributed by atoms with Gasteiger partial charge in [0, 0.05) is 17.0 Å². The maximum Gasteiger partial charge on any atom is 0.0341 e. The number of aryl methyl sites for hydroxylation is 2. The second-order valence-corrected chi connectivity index (χ2v) is 6.78. The quantitative estimate of drug-likeness (QED) is 0.856. The molecule has 2 aliphatic carbocycles. The average molecular weight is 245 g/mol. The zero-order valence-corrected chi connectivity index (χ0v) is 11.0. The van der Waals surface area contributed by atoms with E-state index in [2.05, 4.69) is 29.2 Å². The molecule has 1 unspecified atom stereocenters. The van der Waals surface area contributed by atoms with Crippen LogP contribution in [-0.4, -0.2) is 11.8 Å². The van der Waals surface area contributed by atoms with Crippen LogP contribution in [0.15, 0.2) is 17.0 Å². The third-order valence-electron chi connectivity index (χ3n) is 4.28. The number of fused-ring (bicyclic) bond motifs is 2. The van der Waals surface area contributed by atoms with Gasteiger partial charge in [-0.05, 0) is 67.0 Å². The Bertz CT molecular complexity index is 450. The first-order valence-corrected chi connectivity index (χ1v) is 7.93. The van der Waals surface area contributed by atoms with Gasteiger partial charge in [-0.2, -0.15) is 0 Å². The Morgan fingerprint density at radius 2 is 1.88 bits per heavy atom. The molecular formula is C15H19NS. The molecule has 17 heavy (non-hydrogen) atoms. The topological polar surface area (TPSA) is 12.0 Å². The van der Waals surface area contributed by atoms with E-state index in [-0.39, 0.29) is 0 Å². The summed E-state index contributed by atoms with van der Waals surface area (Å²) >= 11 is 2.07. The Kier molecular flexibility index (Phi) is 2.48. The van der Waals surface area contributed by atoms with E-state index in [1.54, 1.807) is 21.6 Å². The minimum Gasteiger partial charge on any atom is -0.307 e.